The molecule has 3 aromatic rings. The van der Waals surface area contributed by atoms with Gasteiger partial charge in [0.25, 0.3) is 5.91 Å². The first-order valence-corrected chi connectivity index (χ1v) is 8.07. The average Bonchev–Trinajstić information content (AvgIpc) is 2.93. The lowest BCUT2D eigenvalue weighted by atomic mass is 10.0. The van der Waals surface area contributed by atoms with Crippen molar-refractivity contribution in [2.45, 2.75) is 19.9 Å². The van der Waals surface area contributed by atoms with Crippen LogP contribution in [0.1, 0.15) is 34.5 Å². The molecule has 4 heteroatoms. The molecule has 0 saturated heterocycles. The molecule has 3 N–H and O–H groups in total. The first-order chi connectivity index (χ1) is 10.6. The minimum Gasteiger partial charge on any atom is -0.399 e. The first kappa shape index (κ1) is 14.6. The fourth-order valence-electron chi connectivity index (χ4n) is 2.57. The molecule has 0 spiro atoms. The molecule has 2 aromatic carbocycles. The Hall–Kier alpha value is -2.33. The van der Waals surface area contributed by atoms with Crippen LogP contribution in [0.3, 0.4) is 0 Å². The molecule has 1 heterocycles. The van der Waals surface area contributed by atoms with Crippen molar-refractivity contribution < 1.29 is 4.79 Å². The quantitative estimate of drug-likeness (QED) is 0.709. The molecule has 0 fully saturated rings. The number of carbonyl (C=O) groups excluding carboxylic acids is 1. The van der Waals surface area contributed by atoms with Gasteiger partial charge in [-0.15, -0.1) is 11.3 Å². The molecule has 1 atom stereocenters. The van der Waals surface area contributed by atoms with Gasteiger partial charge in [0.15, 0.2) is 0 Å². The average molecular weight is 310 g/mol. The van der Waals surface area contributed by atoms with Crippen molar-refractivity contribution in [2.24, 2.45) is 0 Å². The molecule has 3 nitrogen and oxygen atoms in total. The zero-order chi connectivity index (χ0) is 15.7. The van der Waals surface area contributed by atoms with E-state index in [0.717, 1.165) is 11.1 Å². The van der Waals surface area contributed by atoms with E-state index < -0.39 is 0 Å². The van der Waals surface area contributed by atoms with Crippen molar-refractivity contribution in [1.82, 2.24) is 5.32 Å². The van der Waals surface area contributed by atoms with Gasteiger partial charge in [0.2, 0.25) is 0 Å². The van der Waals surface area contributed by atoms with E-state index >= 15 is 0 Å². The molecule has 3 rings (SSSR count). The Morgan fingerprint density at radius 3 is 2.82 bits per heavy atom. The molecule has 1 unspecified atom stereocenters. The van der Waals surface area contributed by atoms with E-state index in [1.807, 2.05) is 38.1 Å². The number of benzene rings is 2. The molecule has 1 amide bonds. The van der Waals surface area contributed by atoms with Crippen LogP contribution >= 0.6 is 11.3 Å². The fourth-order valence-corrected chi connectivity index (χ4v) is 3.63. The number of hydrogen-bond donors (Lipinski definition) is 2. The van der Waals surface area contributed by atoms with Crippen LogP contribution in [-0.2, 0) is 0 Å². The Morgan fingerprint density at radius 1 is 1.23 bits per heavy atom. The lowest BCUT2D eigenvalue weighted by molar-refractivity contribution is 0.0939. The summed E-state index contributed by atoms with van der Waals surface area (Å²) >= 11 is 1.70. The summed E-state index contributed by atoms with van der Waals surface area (Å²) in [6.07, 6.45) is 0. The zero-order valence-corrected chi connectivity index (χ0v) is 13.4. The van der Waals surface area contributed by atoms with Crippen LogP contribution in [0.4, 0.5) is 5.69 Å². The highest BCUT2D eigenvalue weighted by atomic mass is 32.1. The zero-order valence-electron chi connectivity index (χ0n) is 12.6. The first-order valence-electron chi connectivity index (χ1n) is 7.19. The predicted octanol–water partition coefficient (Wildman–Crippen LogP) is 4.28. The highest BCUT2D eigenvalue weighted by Gasteiger charge is 2.16. The number of nitrogen functional groups attached to an aromatic ring is 1. The number of hydrogen-bond acceptors (Lipinski definition) is 3. The van der Waals surface area contributed by atoms with Crippen LogP contribution in [0.15, 0.2) is 47.8 Å². The largest absolute Gasteiger partial charge is 0.399 e. The molecule has 22 heavy (non-hydrogen) atoms. The van der Waals surface area contributed by atoms with Crippen molar-refractivity contribution >= 4 is 33.0 Å². The molecule has 0 radical (unpaired) electrons. The number of nitrogens with one attached hydrogen (secondary N) is 1. The van der Waals surface area contributed by atoms with Gasteiger partial charge in [0, 0.05) is 16.0 Å². The summed E-state index contributed by atoms with van der Waals surface area (Å²) < 4.78 is 1.23. The number of aryl methyl sites for hydroxylation is 1. The van der Waals surface area contributed by atoms with Crippen LogP contribution in [0.5, 0.6) is 0 Å². The van der Waals surface area contributed by atoms with Crippen LogP contribution in [0, 0.1) is 6.92 Å². The van der Waals surface area contributed by atoms with Gasteiger partial charge in [0.1, 0.15) is 0 Å². The van der Waals surface area contributed by atoms with Gasteiger partial charge in [-0.25, -0.2) is 0 Å². The minimum atomic E-state index is -0.0902. The van der Waals surface area contributed by atoms with Crippen LogP contribution in [0.2, 0.25) is 0 Å². The van der Waals surface area contributed by atoms with Crippen LogP contribution in [0.25, 0.3) is 10.1 Å². The number of amides is 1. The Labute approximate surface area is 133 Å². The predicted molar refractivity (Wildman–Crippen MR) is 93.3 cm³/mol. The van der Waals surface area contributed by atoms with Gasteiger partial charge in [-0.2, -0.15) is 0 Å². The molecule has 0 aliphatic heterocycles. The minimum absolute atomic E-state index is 0.0514. The smallest absolute Gasteiger partial charge is 0.252 e. The summed E-state index contributed by atoms with van der Waals surface area (Å²) in [5.74, 6) is -0.0902. The maximum absolute atomic E-state index is 12.5. The van der Waals surface area contributed by atoms with E-state index in [4.69, 9.17) is 5.73 Å². The molecule has 1 aromatic heterocycles. The Bertz CT molecular complexity index is 838. The molecule has 0 bridgehead atoms. The van der Waals surface area contributed by atoms with E-state index in [1.165, 1.54) is 10.1 Å². The molecular formula is C18H18N2OS. The standard InChI is InChI=1S/C18H18N2OS/c1-11-7-8-13(19)9-15(11)18(21)20-12(2)16-10-22-17-6-4-3-5-14(16)17/h3-10,12H,19H2,1-2H3,(H,20,21). The van der Waals surface area contributed by atoms with Crippen molar-refractivity contribution in [3.63, 3.8) is 0 Å². The third-order valence-electron chi connectivity index (χ3n) is 3.83. The second-order valence-electron chi connectivity index (χ2n) is 5.46. The van der Waals surface area contributed by atoms with Gasteiger partial charge in [-0.1, -0.05) is 24.3 Å². The summed E-state index contributed by atoms with van der Waals surface area (Å²) in [6.45, 7) is 3.92. The third kappa shape index (κ3) is 2.70. The summed E-state index contributed by atoms with van der Waals surface area (Å²) in [4.78, 5) is 12.5. The summed E-state index contributed by atoms with van der Waals surface area (Å²) in [5, 5.41) is 6.38. The number of fused-ring (bicyclic) bond motifs is 1. The van der Waals surface area contributed by atoms with Gasteiger partial charge < -0.3 is 11.1 Å². The molecule has 112 valence electrons. The van der Waals surface area contributed by atoms with E-state index in [0.29, 0.717) is 11.3 Å². The topological polar surface area (TPSA) is 55.1 Å². The number of anilines is 1. The maximum atomic E-state index is 12.5. The Balaban J connectivity index is 1.86. The number of carbonyl (C=O) groups is 1. The summed E-state index contributed by atoms with van der Waals surface area (Å²) in [6, 6.07) is 13.6. The van der Waals surface area contributed by atoms with Crippen molar-refractivity contribution in [3.05, 3.63) is 64.5 Å². The van der Waals surface area contributed by atoms with E-state index in [-0.39, 0.29) is 11.9 Å². The second-order valence-corrected chi connectivity index (χ2v) is 6.37. The van der Waals surface area contributed by atoms with E-state index in [2.05, 4.69) is 22.8 Å². The highest BCUT2D eigenvalue weighted by Crippen LogP contribution is 2.30. The molecule has 0 aliphatic rings. The molecular weight excluding hydrogens is 292 g/mol. The van der Waals surface area contributed by atoms with Gasteiger partial charge in [0.05, 0.1) is 6.04 Å². The van der Waals surface area contributed by atoms with Gasteiger partial charge in [-0.3, -0.25) is 4.79 Å². The van der Waals surface area contributed by atoms with Crippen LogP contribution in [-0.4, -0.2) is 5.91 Å². The SMILES string of the molecule is Cc1ccc(N)cc1C(=O)NC(C)c1csc2ccccc12. The Kier molecular flexibility index (Phi) is 3.86. The van der Waals surface area contributed by atoms with E-state index in [9.17, 15) is 4.79 Å². The van der Waals surface area contributed by atoms with Crippen molar-refractivity contribution in [1.29, 1.82) is 0 Å². The third-order valence-corrected chi connectivity index (χ3v) is 4.81. The molecule has 0 aliphatic carbocycles. The van der Waals surface area contributed by atoms with E-state index in [1.54, 1.807) is 17.4 Å². The maximum Gasteiger partial charge on any atom is 0.252 e. The van der Waals surface area contributed by atoms with Gasteiger partial charge in [-0.05, 0) is 53.9 Å². The normalized spacial score (nSPS) is 12.3. The highest BCUT2D eigenvalue weighted by molar-refractivity contribution is 7.17. The fraction of sp³-hybridized carbons (Fsp3) is 0.167. The number of rotatable bonds is 3. The summed E-state index contributed by atoms with van der Waals surface area (Å²) in [5.41, 5.74) is 9.09. The lowest BCUT2D eigenvalue weighted by Crippen LogP contribution is -2.27. The summed E-state index contributed by atoms with van der Waals surface area (Å²) in [7, 11) is 0. The molecule has 0 saturated carbocycles. The van der Waals surface area contributed by atoms with Crippen molar-refractivity contribution in [3.8, 4) is 0 Å². The Morgan fingerprint density at radius 2 is 2.00 bits per heavy atom. The second kappa shape index (κ2) is 5.81. The van der Waals surface area contributed by atoms with Crippen LogP contribution < -0.4 is 11.1 Å². The lowest BCUT2D eigenvalue weighted by Gasteiger charge is -2.15. The monoisotopic (exact) mass is 310 g/mol. The van der Waals surface area contributed by atoms with Gasteiger partial charge >= 0.3 is 0 Å². The number of nitrogens with two attached hydrogens (primary N) is 1. The van der Waals surface area contributed by atoms with Crippen molar-refractivity contribution in [2.75, 3.05) is 5.73 Å². The number of thiophene rings is 1.